The normalized spacial score (nSPS) is 10.5. The fraction of sp³-hybridized carbons (Fsp3) is 0. The molecule has 0 saturated heterocycles. The number of aromatic carboxylic acids is 1. The molecule has 0 atom stereocenters. The van der Waals surface area contributed by atoms with Gasteiger partial charge in [-0.1, -0.05) is 17.3 Å². The van der Waals surface area contributed by atoms with E-state index in [0.717, 1.165) is 10.6 Å². The van der Waals surface area contributed by atoms with Crippen molar-refractivity contribution in [2.24, 2.45) is 0 Å². The Kier molecular flexibility index (Phi) is 2.85. The molecule has 19 heavy (non-hydrogen) atoms. The third-order valence-corrected chi connectivity index (χ3v) is 3.40. The van der Waals surface area contributed by atoms with Crippen LogP contribution in [0.4, 0.5) is 0 Å². The highest BCUT2D eigenvalue weighted by Crippen LogP contribution is 2.25. The highest BCUT2D eigenvalue weighted by atomic mass is 32.1. The van der Waals surface area contributed by atoms with Gasteiger partial charge < -0.3 is 9.63 Å². The Morgan fingerprint density at radius 2 is 2.00 bits per heavy atom. The molecule has 3 heterocycles. The van der Waals surface area contributed by atoms with Gasteiger partial charge in [-0.15, -0.1) is 11.3 Å². The average Bonchev–Trinajstić information content (AvgIpc) is 3.10. The summed E-state index contributed by atoms with van der Waals surface area (Å²) in [5.41, 5.74) is 1.82. The molecule has 0 amide bonds. The third kappa shape index (κ3) is 2.25. The van der Waals surface area contributed by atoms with E-state index in [0.29, 0.717) is 11.4 Å². The quantitative estimate of drug-likeness (QED) is 0.792. The molecule has 5 nitrogen and oxygen atoms in total. The molecule has 0 spiro atoms. The average molecular weight is 272 g/mol. The van der Waals surface area contributed by atoms with Crippen molar-refractivity contribution in [1.82, 2.24) is 10.1 Å². The minimum atomic E-state index is -1.15. The van der Waals surface area contributed by atoms with Crippen molar-refractivity contribution < 1.29 is 14.4 Å². The van der Waals surface area contributed by atoms with Crippen LogP contribution in [0.25, 0.3) is 22.0 Å². The number of hydrogen-bond acceptors (Lipinski definition) is 5. The van der Waals surface area contributed by atoms with Gasteiger partial charge in [0.05, 0.1) is 16.3 Å². The second-order valence-electron chi connectivity index (χ2n) is 3.77. The topological polar surface area (TPSA) is 76.2 Å². The van der Waals surface area contributed by atoms with Crippen molar-refractivity contribution >= 4 is 17.3 Å². The number of thiophene rings is 1. The van der Waals surface area contributed by atoms with Crippen molar-refractivity contribution in [3.05, 3.63) is 47.5 Å². The van der Waals surface area contributed by atoms with Crippen molar-refractivity contribution in [3.63, 3.8) is 0 Å². The molecule has 6 heteroatoms. The summed E-state index contributed by atoms with van der Waals surface area (Å²) in [6.45, 7) is 0. The van der Waals surface area contributed by atoms with E-state index in [-0.39, 0.29) is 5.76 Å². The van der Waals surface area contributed by atoms with E-state index in [2.05, 4.69) is 10.1 Å². The Balaban J connectivity index is 2.01. The summed E-state index contributed by atoms with van der Waals surface area (Å²) < 4.78 is 4.72. The van der Waals surface area contributed by atoms with Crippen LogP contribution in [0.15, 0.2) is 46.3 Å². The zero-order chi connectivity index (χ0) is 13.2. The number of hydrogen-bond donors (Lipinski definition) is 1. The maximum absolute atomic E-state index is 10.7. The Labute approximate surface area is 112 Å². The van der Waals surface area contributed by atoms with Crippen LogP contribution in [-0.2, 0) is 0 Å². The van der Waals surface area contributed by atoms with Crippen molar-refractivity contribution in [2.75, 3.05) is 0 Å². The summed E-state index contributed by atoms with van der Waals surface area (Å²) >= 11 is 1.59. The van der Waals surface area contributed by atoms with E-state index in [1.54, 1.807) is 17.4 Å². The molecule has 0 aromatic carbocycles. The molecule has 0 unspecified atom stereocenters. The summed E-state index contributed by atoms with van der Waals surface area (Å²) in [6, 6.07) is 10.8. The van der Waals surface area contributed by atoms with Crippen LogP contribution in [0.1, 0.15) is 10.6 Å². The minimum absolute atomic E-state index is 0.196. The zero-order valence-corrected chi connectivity index (χ0v) is 10.4. The van der Waals surface area contributed by atoms with Crippen molar-refractivity contribution in [3.8, 4) is 22.0 Å². The monoisotopic (exact) mass is 272 g/mol. The molecule has 0 bridgehead atoms. The van der Waals surface area contributed by atoms with Gasteiger partial charge in [-0.3, -0.25) is 0 Å². The van der Waals surface area contributed by atoms with Crippen molar-refractivity contribution in [2.45, 2.75) is 0 Å². The number of rotatable bonds is 3. The fourth-order valence-corrected chi connectivity index (χ4v) is 2.33. The van der Waals surface area contributed by atoms with Crippen molar-refractivity contribution in [1.29, 1.82) is 0 Å². The van der Waals surface area contributed by atoms with Crippen LogP contribution in [-0.4, -0.2) is 21.2 Å². The summed E-state index contributed by atoms with van der Waals surface area (Å²) in [4.78, 5) is 16.2. The van der Waals surface area contributed by atoms with E-state index >= 15 is 0 Å². The number of carbonyl (C=O) groups is 1. The summed E-state index contributed by atoms with van der Waals surface area (Å²) in [5, 5.41) is 14.5. The van der Waals surface area contributed by atoms with Gasteiger partial charge in [0.2, 0.25) is 5.76 Å². The van der Waals surface area contributed by atoms with Gasteiger partial charge in [0.25, 0.3) is 0 Å². The first kappa shape index (κ1) is 11.6. The minimum Gasteiger partial charge on any atom is -0.475 e. The Morgan fingerprint density at radius 3 is 2.68 bits per heavy atom. The zero-order valence-electron chi connectivity index (χ0n) is 9.61. The molecule has 0 aliphatic rings. The third-order valence-electron chi connectivity index (χ3n) is 2.51. The van der Waals surface area contributed by atoms with E-state index in [4.69, 9.17) is 9.63 Å². The van der Waals surface area contributed by atoms with Gasteiger partial charge in [0.1, 0.15) is 5.69 Å². The van der Waals surface area contributed by atoms with E-state index in [1.165, 1.54) is 6.07 Å². The van der Waals surface area contributed by atoms with Crippen LogP contribution in [0.2, 0.25) is 0 Å². The largest absolute Gasteiger partial charge is 0.475 e. The molecule has 3 aromatic rings. The lowest BCUT2D eigenvalue weighted by Crippen LogP contribution is -1.91. The molecule has 3 rings (SSSR count). The van der Waals surface area contributed by atoms with Crippen LogP contribution < -0.4 is 0 Å². The lowest BCUT2D eigenvalue weighted by Gasteiger charge is -1.99. The first-order valence-corrected chi connectivity index (χ1v) is 6.33. The van der Waals surface area contributed by atoms with Crippen LogP contribution in [0.5, 0.6) is 0 Å². The van der Waals surface area contributed by atoms with Gasteiger partial charge >= 0.3 is 5.97 Å². The smallest absolute Gasteiger partial charge is 0.374 e. The Morgan fingerprint density at radius 1 is 1.16 bits per heavy atom. The van der Waals surface area contributed by atoms with Gasteiger partial charge in [-0.2, -0.15) is 0 Å². The Bertz CT molecular complexity index is 719. The number of carboxylic acids is 1. The second-order valence-corrected chi connectivity index (χ2v) is 4.71. The second kappa shape index (κ2) is 4.66. The molecule has 0 aliphatic heterocycles. The molecule has 1 N–H and O–H groups in total. The summed E-state index contributed by atoms with van der Waals surface area (Å²) in [5.74, 6) is -1.34. The SMILES string of the molecule is O=C(O)c1cc(-c2cccc(-c3cccs3)n2)no1. The van der Waals surface area contributed by atoms with E-state index in [9.17, 15) is 4.79 Å². The lowest BCUT2D eigenvalue weighted by atomic mass is 10.2. The maximum Gasteiger partial charge on any atom is 0.374 e. The van der Waals surface area contributed by atoms with Gasteiger partial charge in [0.15, 0.2) is 0 Å². The highest BCUT2D eigenvalue weighted by Gasteiger charge is 2.13. The number of nitrogens with zero attached hydrogens (tertiary/aromatic N) is 2. The summed E-state index contributed by atoms with van der Waals surface area (Å²) in [6.07, 6.45) is 0. The predicted molar refractivity (Wildman–Crippen MR) is 70.0 cm³/mol. The lowest BCUT2D eigenvalue weighted by molar-refractivity contribution is 0.0652. The molecule has 0 saturated carbocycles. The molecule has 94 valence electrons. The van der Waals surface area contributed by atoms with E-state index in [1.807, 2.05) is 29.6 Å². The van der Waals surface area contributed by atoms with E-state index < -0.39 is 5.97 Å². The standard InChI is InChI=1S/C13H8N2O3S/c16-13(17)11-7-10(15-18-11)8-3-1-4-9(14-8)12-5-2-6-19-12/h1-7H,(H,16,17). The molecule has 3 aromatic heterocycles. The van der Waals surface area contributed by atoms with Crippen LogP contribution >= 0.6 is 11.3 Å². The van der Waals surface area contributed by atoms with Crippen LogP contribution in [0, 0.1) is 0 Å². The number of aromatic nitrogens is 2. The molecule has 0 radical (unpaired) electrons. The molecular weight excluding hydrogens is 264 g/mol. The first-order chi connectivity index (χ1) is 9.24. The van der Waals surface area contributed by atoms with Gasteiger partial charge in [-0.05, 0) is 23.6 Å². The first-order valence-electron chi connectivity index (χ1n) is 5.45. The van der Waals surface area contributed by atoms with Crippen LogP contribution in [0.3, 0.4) is 0 Å². The van der Waals surface area contributed by atoms with Gasteiger partial charge in [-0.25, -0.2) is 9.78 Å². The highest BCUT2D eigenvalue weighted by molar-refractivity contribution is 7.13. The Hall–Kier alpha value is -2.47. The fourth-order valence-electron chi connectivity index (χ4n) is 1.64. The number of pyridine rings is 1. The number of carboxylic acid groups (broad SMARTS) is 1. The molecular formula is C13H8N2O3S. The maximum atomic E-state index is 10.7. The predicted octanol–water partition coefficient (Wildman–Crippen LogP) is 3.16. The molecule has 0 aliphatic carbocycles. The van der Waals surface area contributed by atoms with Gasteiger partial charge in [0, 0.05) is 6.07 Å². The summed E-state index contributed by atoms with van der Waals surface area (Å²) in [7, 11) is 0. The molecule has 0 fully saturated rings.